The first-order chi connectivity index (χ1) is 12.6. The van der Waals surface area contributed by atoms with E-state index < -0.39 is 5.60 Å². The summed E-state index contributed by atoms with van der Waals surface area (Å²) in [5, 5.41) is 27.4. The van der Waals surface area contributed by atoms with Gasteiger partial charge in [0, 0.05) is 30.9 Å². The van der Waals surface area contributed by atoms with Gasteiger partial charge in [-0.3, -0.25) is 0 Å². The molecule has 3 aromatic heterocycles. The molecular formula is C18H23N7O. The van der Waals surface area contributed by atoms with Crippen LogP contribution in [0.2, 0.25) is 0 Å². The Kier molecular flexibility index (Phi) is 3.49. The van der Waals surface area contributed by atoms with Crippen LogP contribution in [0.1, 0.15) is 38.5 Å². The summed E-state index contributed by atoms with van der Waals surface area (Å²) in [5.74, 6) is 1.19. The number of nitrogens with zero attached hydrogens (tertiary/aromatic N) is 5. The third-order valence-electron chi connectivity index (χ3n) is 6.13. The third-order valence-corrected chi connectivity index (χ3v) is 6.13. The molecule has 2 aliphatic carbocycles. The van der Waals surface area contributed by atoms with E-state index in [1.807, 2.05) is 25.5 Å². The average molecular weight is 353 g/mol. The van der Waals surface area contributed by atoms with Crippen molar-refractivity contribution in [3.05, 3.63) is 18.5 Å². The van der Waals surface area contributed by atoms with Crippen molar-refractivity contribution in [3.8, 4) is 11.4 Å². The molecule has 0 aromatic carbocycles. The summed E-state index contributed by atoms with van der Waals surface area (Å²) in [6, 6.07) is 2.38. The van der Waals surface area contributed by atoms with E-state index >= 15 is 0 Å². The maximum absolute atomic E-state index is 10.7. The predicted octanol–water partition coefficient (Wildman–Crippen LogP) is 2.25. The molecule has 8 heteroatoms. The first kappa shape index (κ1) is 15.7. The van der Waals surface area contributed by atoms with Crippen molar-refractivity contribution in [1.82, 2.24) is 30.2 Å². The Morgan fingerprint density at radius 2 is 2.27 bits per heavy atom. The van der Waals surface area contributed by atoms with Gasteiger partial charge < -0.3 is 15.4 Å². The smallest absolute Gasteiger partial charge is 0.185 e. The molecule has 2 bridgehead atoms. The molecule has 0 unspecified atom stereocenters. The number of aromatic amines is 1. The number of fused-ring (bicyclic) bond motifs is 3. The Balaban J connectivity index is 1.56. The average Bonchev–Trinajstić information content (AvgIpc) is 3.26. The minimum absolute atomic E-state index is 0.344. The molecule has 2 fully saturated rings. The van der Waals surface area contributed by atoms with Crippen LogP contribution in [-0.4, -0.2) is 46.9 Å². The quantitative estimate of drug-likeness (QED) is 0.667. The third kappa shape index (κ3) is 2.47. The minimum Gasteiger partial charge on any atom is -0.390 e. The number of tetrazole rings is 1. The van der Waals surface area contributed by atoms with E-state index in [0.29, 0.717) is 17.8 Å². The molecule has 26 heavy (non-hydrogen) atoms. The maximum atomic E-state index is 10.7. The van der Waals surface area contributed by atoms with Gasteiger partial charge in [-0.25, -0.2) is 9.67 Å². The fraction of sp³-hybridized carbons (Fsp3) is 0.556. The molecule has 3 N–H and O–H groups in total. The van der Waals surface area contributed by atoms with Crippen LogP contribution < -0.4 is 5.32 Å². The van der Waals surface area contributed by atoms with Crippen LogP contribution in [-0.2, 0) is 7.05 Å². The van der Waals surface area contributed by atoms with Gasteiger partial charge in [-0.1, -0.05) is 6.42 Å². The van der Waals surface area contributed by atoms with Gasteiger partial charge in [-0.2, -0.15) is 0 Å². The summed E-state index contributed by atoms with van der Waals surface area (Å²) < 4.78 is 1.67. The van der Waals surface area contributed by atoms with E-state index in [0.717, 1.165) is 54.4 Å². The fourth-order valence-corrected chi connectivity index (χ4v) is 4.78. The van der Waals surface area contributed by atoms with Gasteiger partial charge in [-0.15, -0.1) is 5.10 Å². The number of hydrogen-bond acceptors (Lipinski definition) is 6. The Morgan fingerprint density at radius 3 is 3.12 bits per heavy atom. The van der Waals surface area contributed by atoms with E-state index in [1.54, 1.807) is 4.68 Å². The highest BCUT2D eigenvalue weighted by molar-refractivity contribution is 5.97. The molecule has 3 aromatic rings. The van der Waals surface area contributed by atoms with Crippen molar-refractivity contribution in [3.63, 3.8) is 0 Å². The van der Waals surface area contributed by atoms with Crippen LogP contribution in [0.3, 0.4) is 0 Å². The lowest BCUT2D eigenvalue weighted by atomic mass is 9.67. The first-order valence-corrected chi connectivity index (χ1v) is 9.31. The Morgan fingerprint density at radius 1 is 1.35 bits per heavy atom. The summed E-state index contributed by atoms with van der Waals surface area (Å²) in [6.07, 6.45) is 9.69. The van der Waals surface area contributed by atoms with Gasteiger partial charge in [0.05, 0.1) is 16.9 Å². The van der Waals surface area contributed by atoms with Crippen LogP contribution in [0.4, 0.5) is 5.69 Å². The molecule has 2 saturated carbocycles. The monoisotopic (exact) mass is 353 g/mol. The van der Waals surface area contributed by atoms with E-state index in [2.05, 4.69) is 30.8 Å². The fourth-order valence-electron chi connectivity index (χ4n) is 4.78. The molecule has 8 nitrogen and oxygen atoms in total. The number of hydrogen-bond donors (Lipinski definition) is 3. The molecule has 0 aliphatic heterocycles. The van der Waals surface area contributed by atoms with Gasteiger partial charge in [0.15, 0.2) is 5.82 Å². The Bertz CT molecular complexity index is 948. The molecule has 0 saturated heterocycles. The van der Waals surface area contributed by atoms with Gasteiger partial charge in [0.1, 0.15) is 5.65 Å². The summed E-state index contributed by atoms with van der Waals surface area (Å²) in [6.45, 7) is 0. The molecule has 0 spiro atoms. The molecule has 0 radical (unpaired) electrons. The zero-order chi connectivity index (χ0) is 17.7. The maximum Gasteiger partial charge on any atom is 0.185 e. The minimum atomic E-state index is -0.445. The van der Waals surface area contributed by atoms with Crippen molar-refractivity contribution in [1.29, 1.82) is 0 Å². The highest BCUT2D eigenvalue weighted by atomic mass is 16.3. The van der Waals surface area contributed by atoms with Crippen LogP contribution in [0, 0.1) is 5.92 Å². The topological polar surface area (TPSA) is 105 Å². The molecule has 3 atom stereocenters. The number of H-pyrrole nitrogens is 1. The summed E-state index contributed by atoms with van der Waals surface area (Å²) in [5.41, 5.74) is 2.33. The molecule has 2 aliphatic rings. The van der Waals surface area contributed by atoms with Crippen molar-refractivity contribution < 1.29 is 5.11 Å². The second kappa shape index (κ2) is 5.77. The van der Waals surface area contributed by atoms with E-state index in [4.69, 9.17) is 0 Å². The molecular weight excluding hydrogens is 330 g/mol. The number of pyridine rings is 1. The lowest BCUT2D eigenvalue weighted by Crippen LogP contribution is -2.47. The lowest BCUT2D eigenvalue weighted by Gasteiger charge is -2.46. The van der Waals surface area contributed by atoms with Crippen molar-refractivity contribution >= 4 is 16.7 Å². The van der Waals surface area contributed by atoms with Crippen molar-refractivity contribution in [2.24, 2.45) is 13.0 Å². The highest BCUT2D eigenvalue weighted by Gasteiger charge is 2.42. The number of aliphatic hydroxyl groups is 1. The zero-order valence-electron chi connectivity index (χ0n) is 14.8. The standard InChI is InChI=1S/C18H23N7O/c1-25-17(22-23-24-25)13-10-20-16-12(5-8-19-16)15(13)21-14-4-7-18(26)6-2-3-11(14)9-18/h5,8,10-11,14,26H,2-4,6-7,9H2,1H3,(H2,19,20,21)/t11-,14-,18+/m0/s1. The van der Waals surface area contributed by atoms with Crippen LogP contribution >= 0.6 is 0 Å². The number of nitrogens with one attached hydrogen (secondary N) is 2. The number of rotatable bonds is 3. The van der Waals surface area contributed by atoms with Crippen molar-refractivity contribution in [2.45, 2.75) is 50.2 Å². The van der Waals surface area contributed by atoms with Gasteiger partial charge in [0.25, 0.3) is 0 Å². The SMILES string of the molecule is Cn1nnnc1-c1cnc2[nH]ccc2c1N[C@H]1CC[C@]2(O)CCC[C@H]1C2. The van der Waals surface area contributed by atoms with Gasteiger partial charge in [0.2, 0.25) is 0 Å². The van der Waals surface area contributed by atoms with Crippen molar-refractivity contribution in [2.75, 3.05) is 5.32 Å². The normalized spacial score (nSPS) is 28.4. The van der Waals surface area contributed by atoms with Crippen LogP contribution in [0.5, 0.6) is 0 Å². The molecule has 3 heterocycles. The molecule has 0 amide bonds. The lowest BCUT2D eigenvalue weighted by molar-refractivity contribution is -0.0508. The second-order valence-electron chi connectivity index (χ2n) is 7.78. The largest absolute Gasteiger partial charge is 0.390 e. The number of anilines is 1. The summed E-state index contributed by atoms with van der Waals surface area (Å²) in [7, 11) is 1.84. The van der Waals surface area contributed by atoms with Crippen LogP contribution in [0.15, 0.2) is 18.5 Å². The number of aromatic nitrogens is 6. The Labute approximate surface area is 151 Å². The predicted molar refractivity (Wildman–Crippen MR) is 97.4 cm³/mol. The molecule has 136 valence electrons. The van der Waals surface area contributed by atoms with Crippen LogP contribution in [0.25, 0.3) is 22.4 Å². The van der Waals surface area contributed by atoms with E-state index in [9.17, 15) is 5.11 Å². The first-order valence-electron chi connectivity index (χ1n) is 9.31. The Hall–Kier alpha value is -2.48. The number of aryl methyl sites for hydroxylation is 1. The highest BCUT2D eigenvalue weighted by Crippen LogP contribution is 2.44. The van der Waals surface area contributed by atoms with Gasteiger partial charge >= 0.3 is 0 Å². The summed E-state index contributed by atoms with van der Waals surface area (Å²) in [4.78, 5) is 7.71. The van der Waals surface area contributed by atoms with E-state index in [-0.39, 0.29) is 0 Å². The second-order valence-corrected chi connectivity index (χ2v) is 7.78. The molecule has 5 rings (SSSR count). The van der Waals surface area contributed by atoms with E-state index in [1.165, 1.54) is 6.42 Å². The summed E-state index contributed by atoms with van der Waals surface area (Å²) >= 11 is 0. The van der Waals surface area contributed by atoms with Gasteiger partial charge in [-0.05, 0) is 54.5 Å². The zero-order valence-corrected chi connectivity index (χ0v) is 14.8.